The molecule has 1 fully saturated rings. The highest BCUT2D eigenvalue weighted by molar-refractivity contribution is 6.42. The Labute approximate surface area is 131 Å². The van der Waals surface area contributed by atoms with Gasteiger partial charge in [-0.25, -0.2) is 4.79 Å². The van der Waals surface area contributed by atoms with E-state index in [0.717, 1.165) is 12.5 Å². The first-order chi connectivity index (χ1) is 9.74. The summed E-state index contributed by atoms with van der Waals surface area (Å²) in [5, 5.41) is 21.7. The predicted octanol–water partition coefficient (Wildman–Crippen LogP) is 2.05. The van der Waals surface area contributed by atoms with Crippen molar-refractivity contribution in [3.63, 3.8) is 0 Å². The Morgan fingerprint density at radius 1 is 1.43 bits per heavy atom. The van der Waals surface area contributed by atoms with E-state index in [0.29, 0.717) is 16.5 Å². The van der Waals surface area contributed by atoms with E-state index in [1.54, 1.807) is 12.1 Å². The van der Waals surface area contributed by atoms with E-state index in [1.165, 1.54) is 0 Å². The fraction of sp³-hybridized carbons (Fsp3) is 0.429. The molecule has 1 aromatic rings. The maximum atomic E-state index is 12.0. The Hall–Kier alpha value is -1.30. The second-order valence-corrected chi connectivity index (χ2v) is 6.17. The number of halogens is 2. The van der Waals surface area contributed by atoms with E-state index in [-0.39, 0.29) is 24.3 Å². The highest BCUT2D eigenvalue weighted by Gasteiger charge is 2.45. The van der Waals surface area contributed by atoms with Crippen LogP contribution in [0.15, 0.2) is 18.2 Å². The van der Waals surface area contributed by atoms with E-state index in [1.807, 2.05) is 6.07 Å². The third-order valence-electron chi connectivity index (χ3n) is 3.58. The van der Waals surface area contributed by atoms with Crippen LogP contribution < -0.4 is 5.32 Å². The minimum Gasteiger partial charge on any atom is -0.479 e. The number of nitrogens with one attached hydrogen (secondary N) is 1. The number of amides is 1. The molecule has 1 aromatic carbocycles. The van der Waals surface area contributed by atoms with Gasteiger partial charge in [0.05, 0.1) is 16.6 Å². The van der Waals surface area contributed by atoms with Gasteiger partial charge in [-0.2, -0.15) is 0 Å². The summed E-state index contributed by atoms with van der Waals surface area (Å²) < 4.78 is 0. The van der Waals surface area contributed by atoms with Crippen molar-refractivity contribution in [1.82, 2.24) is 5.32 Å². The Kier molecular flexibility index (Phi) is 4.46. The summed E-state index contributed by atoms with van der Waals surface area (Å²) in [7, 11) is 0. The first kappa shape index (κ1) is 16.1. The quantitative estimate of drug-likeness (QED) is 0.770. The number of carbonyl (C=O) groups excluding carboxylic acids is 1. The molecule has 1 aliphatic carbocycles. The molecule has 21 heavy (non-hydrogen) atoms. The molecular formula is C14H15Cl2NO4. The van der Waals surface area contributed by atoms with Crippen LogP contribution in [0.2, 0.25) is 10.0 Å². The average molecular weight is 332 g/mol. The third kappa shape index (κ3) is 3.48. The van der Waals surface area contributed by atoms with E-state index in [2.05, 4.69) is 5.32 Å². The topological polar surface area (TPSA) is 86.6 Å². The molecule has 0 aromatic heterocycles. The minimum absolute atomic E-state index is 0.0222. The van der Waals surface area contributed by atoms with E-state index in [9.17, 15) is 14.7 Å². The largest absolute Gasteiger partial charge is 0.479 e. The van der Waals surface area contributed by atoms with Gasteiger partial charge in [0.2, 0.25) is 5.91 Å². The lowest BCUT2D eigenvalue weighted by molar-refractivity contribution is -0.156. The summed E-state index contributed by atoms with van der Waals surface area (Å²) in [5.41, 5.74) is -1.16. The smallest absolute Gasteiger partial charge is 0.337 e. The molecule has 1 saturated carbocycles. The summed E-state index contributed by atoms with van der Waals surface area (Å²) in [4.78, 5) is 22.7. The number of hydrogen-bond donors (Lipinski definition) is 3. The lowest BCUT2D eigenvalue weighted by Crippen LogP contribution is -2.47. The molecule has 0 spiro atoms. The number of aliphatic carboxylic acids is 1. The van der Waals surface area contributed by atoms with Crippen molar-refractivity contribution in [1.29, 1.82) is 0 Å². The maximum Gasteiger partial charge on any atom is 0.337 e. The lowest BCUT2D eigenvalue weighted by atomic mass is 10.1. The van der Waals surface area contributed by atoms with Crippen LogP contribution in [-0.4, -0.2) is 34.2 Å². The van der Waals surface area contributed by atoms with E-state index in [4.69, 9.17) is 28.3 Å². The van der Waals surface area contributed by atoms with Gasteiger partial charge in [-0.3, -0.25) is 4.79 Å². The van der Waals surface area contributed by atoms with Gasteiger partial charge in [0.1, 0.15) is 0 Å². The van der Waals surface area contributed by atoms with E-state index >= 15 is 0 Å². The minimum atomic E-state index is -1.98. The van der Waals surface area contributed by atoms with Crippen molar-refractivity contribution in [2.45, 2.75) is 24.9 Å². The van der Waals surface area contributed by atoms with Gasteiger partial charge in [-0.1, -0.05) is 35.3 Å². The van der Waals surface area contributed by atoms with Crippen LogP contribution in [-0.2, 0) is 9.59 Å². The molecule has 0 heterocycles. The molecule has 7 heteroatoms. The molecule has 1 amide bonds. The molecule has 114 valence electrons. The Balaban J connectivity index is 1.96. The third-order valence-corrected chi connectivity index (χ3v) is 4.41. The van der Waals surface area contributed by atoms with Crippen LogP contribution in [0, 0.1) is 5.92 Å². The van der Waals surface area contributed by atoms with E-state index < -0.39 is 11.6 Å². The molecule has 0 aliphatic heterocycles. The number of carbonyl (C=O) groups is 2. The molecule has 0 bridgehead atoms. The summed E-state index contributed by atoms with van der Waals surface area (Å²) in [6, 6.07) is 5.26. The lowest BCUT2D eigenvalue weighted by Gasteiger charge is -2.18. The molecular weight excluding hydrogens is 317 g/mol. The first-order valence-corrected chi connectivity index (χ1v) is 7.17. The van der Waals surface area contributed by atoms with Crippen molar-refractivity contribution >= 4 is 35.1 Å². The number of carboxylic acids is 1. The van der Waals surface area contributed by atoms with Gasteiger partial charge in [0.25, 0.3) is 0 Å². The van der Waals surface area contributed by atoms with Gasteiger partial charge in [-0.15, -0.1) is 0 Å². The highest BCUT2D eigenvalue weighted by Crippen LogP contribution is 2.50. The Morgan fingerprint density at radius 2 is 2.10 bits per heavy atom. The molecule has 5 nitrogen and oxygen atoms in total. The highest BCUT2D eigenvalue weighted by atomic mass is 35.5. The zero-order chi connectivity index (χ0) is 15.8. The summed E-state index contributed by atoms with van der Waals surface area (Å²) >= 11 is 12.0. The van der Waals surface area contributed by atoms with Gasteiger partial charge >= 0.3 is 5.97 Å². The number of benzene rings is 1. The van der Waals surface area contributed by atoms with Gasteiger partial charge in [-0.05, 0) is 30.9 Å². The number of hydrogen-bond acceptors (Lipinski definition) is 3. The monoisotopic (exact) mass is 331 g/mol. The zero-order valence-electron chi connectivity index (χ0n) is 11.3. The number of rotatable bonds is 5. The zero-order valence-corrected chi connectivity index (χ0v) is 12.8. The van der Waals surface area contributed by atoms with Crippen molar-refractivity contribution < 1.29 is 19.8 Å². The average Bonchev–Trinajstić information content (AvgIpc) is 3.19. The second kappa shape index (κ2) is 5.83. The Morgan fingerprint density at radius 3 is 2.71 bits per heavy atom. The first-order valence-electron chi connectivity index (χ1n) is 6.41. The summed E-state index contributed by atoms with van der Waals surface area (Å²) in [6.07, 6.45) is 0.626. The van der Waals surface area contributed by atoms with Crippen LogP contribution in [0.1, 0.15) is 24.8 Å². The molecule has 0 radical (unpaired) electrons. The molecule has 3 N–H and O–H groups in total. The molecule has 0 saturated heterocycles. The van der Waals surface area contributed by atoms with Crippen LogP contribution >= 0.6 is 23.2 Å². The SMILES string of the molecule is CC(O)(CNC(=O)C1CC1c1cccc(Cl)c1Cl)C(=O)O. The van der Waals surface area contributed by atoms with Crippen molar-refractivity contribution in [2.75, 3.05) is 6.54 Å². The fourth-order valence-electron chi connectivity index (χ4n) is 2.10. The summed E-state index contributed by atoms with van der Waals surface area (Å²) in [6.45, 7) is 0.793. The number of carboxylic acid groups (broad SMARTS) is 1. The molecule has 3 atom stereocenters. The van der Waals surface area contributed by atoms with Crippen LogP contribution in [0.3, 0.4) is 0 Å². The van der Waals surface area contributed by atoms with Gasteiger partial charge < -0.3 is 15.5 Å². The van der Waals surface area contributed by atoms with Gasteiger partial charge in [0, 0.05) is 5.92 Å². The normalized spacial score (nSPS) is 23.2. The van der Waals surface area contributed by atoms with Crippen LogP contribution in [0.25, 0.3) is 0 Å². The number of aliphatic hydroxyl groups is 1. The predicted molar refractivity (Wildman–Crippen MR) is 78.6 cm³/mol. The molecule has 2 rings (SSSR count). The van der Waals surface area contributed by atoms with Crippen molar-refractivity contribution in [2.24, 2.45) is 5.92 Å². The van der Waals surface area contributed by atoms with Crippen LogP contribution in [0.4, 0.5) is 0 Å². The Bertz CT molecular complexity index is 588. The van der Waals surface area contributed by atoms with Crippen LogP contribution in [0.5, 0.6) is 0 Å². The second-order valence-electron chi connectivity index (χ2n) is 5.39. The van der Waals surface area contributed by atoms with Crippen molar-refractivity contribution in [3.05, 3.63) is 33.8 Å². The fourth-order valence-corrected chi connectivity index (χ4v) is 2.55. The molecule has 1 aliphatic rings. The van der Waals surface area contributed by atoms with Crippen molar-refractivity contribution in [3.8, 4) is 0 Å². The molecule has 3 unspecified atom stereocenters. The standard InChI is InChI=1S/C14H15Cl2NO4/c1-14(21,13(19)20)6-17-12(18)9-5-8(9)7-3-2-4-10(15)11(7)16/h2-4,8-9,21H,5-6H2,1H3,(H,17,18)(H,19,20). The van der Waals surface area contributed by atoms with Gasteiger partial charge in [0.15, 0.2) is 5.60 Å². The summed E-state index contributed by atoms with van der Waals surface area (Å²) in [5.74, 6) is -1.97. The maximum absolute atomic E-state index is 12.0.